The number of cyclic esters (lactones) is 1. The number of hydrogen-bond donors (Lipinski definition) is 0. The van der Waals surface area contributed by atoms with E-state index in [1.54, 1.807) is 18.2 Å². The molecule has 0 unspecified atom stereocenters. The summed E-state index contributed by atoms with van der Waals surface area (Å²) in [6.07, 6.45) is 2.51. The van der Waals surface area contributed by atoms with Gasteiger partial charge in [0.25, 0.3) is 0 Å². The number of ether oxygens (including phenoxy) is 3. The lowest BCUT2D eigenvalue weighted by Gasteiger charge is -2.38. The van der Waals surface area contributed by atoms with Gasteiger partial charge in [-0.05, 0) is 18.2 Å². The van der Waals surface area contributed by atoms with Gasteiger partial charge >= 0.3 is 6.09 Å². The maximum atomic E-state index is 14.9. The van der Waals surface area contributed by atoms with Crippen LogP contribution in [0.1, 0.15) is 18.5 Å². The first-order valence-corrected chi connectivity index (χ1v) is 9.82. The van der Waals surface area contributed by atoms with E-state index in [0.29, 0.717) is 69.2 Å². The fourth-order valence-corrected chi connectivity index (χ4v) is 4.21. The number of carbonyl (C=O) groups is 1. The van der Waals surface area contributed by atoms with Gasteiger partial charge in [0.1, 0.15) is 18.2 Å². The smallest absolute Gasteiger partial charge is 0.414 e. The standard InChI is InChI=1S/C20H22FN3O5/c21-17-12-15(24-13-16(29-19(24)25)11-14-3-8-28-22-14)1-2-18(17)23-6-4-20(5-7-23)26-9-10-27-20/h1-3,8,12,16H,4-7,9-11,13H2/t16-/m0/s1. The molecule has 0 bridgehead atoms. The lowest BCUT2D eigenvalue weighted by atomic mass is 10.0. The molecule has 0 radical (unpaired) electrons. The molecular weight excluding hydrogens is 381 g/mol. The van der Waals surface area contributed by atoms with Gasteiger partial charge in [0.05, 0.1) is 36.8 Å². The van der Waals surface area contributed by atoms with Crippen molar-refractivity contribution in [3.63, 3.8) is 0 Å². The zero-order valence-corrected chi connectivity index (χ0v) is 15.9. The van der Waals surface area contributed by atoms with Crippen LogP contribution >= 0.6 is 0 Å². The Morgan fingerprint density at radius 2 is 1.97 bits per heavy atom. The van der Waals surface area contributed by atoms with Crippen LogP contribution in [-0.4, -0.2) is 56.0 Å². The summed E-state index contributed by atoms with van der Waals surface area (Å²) < 4.78 is 36.5. The molecule has 3 fully saturated rings. The minimum atomic E-state index is -0.495. The van der Waals surface area contributed by atoms with Crippen molar-refractivity contribution in [2.45, 2.75) is 31.2 Å². The summed E-state index contributed by atoms with van der Waals surface area (Å²) in [5, 5.41) is 3.84. The number of halogens is 1. The molecule has 1 amide bonds. The third-order valence-electron chi connectivity index (χ3n) is 5.72. The van der Waals surface area contributed by atoms with E-state index in [4.69, 9.17) is 18.7 Å². The van der Waals surface area contributed by atoms with Crippen LogP contribution in [0.25, 0.3) is 0 Å². The first-order chi connectivity index (χ1) is 14.1. The summed E-state index contributed by atoms with van der Waals surface area (Å²) in [6, 6.07) is 6.60. The van der Waals surface area contributed by atoms with Crippen LogP contribution in [-0.2, 0) is 20.6 Å². The molecule has 154 valence electrons. The van der Waals surface area contributed by atoms with Crippen LogP contribution in [0.4, 0.5) is 20.6 Å². The Hall–Kier alpha value is -2.65. The van der Waals surface area contributed by atoms with Crippen LogP contribution in [0, 0.1) is 5.82 Å². The molecule has 0 aliphatic carbocycles. The second-order valence-corrected chi connectivity index (χ2v) is 7.54. The van der Waals surface area contributed by atoms with Crippen LogP contribution in [0.15, 0.2) is 35.1 Å². The fourth-order valence-electron chi connectivity index (χ4n) is 4.21. The Kier molecular flexibility index (Phi) is 4.63. The van der Waals surface area contributed by atoms with Crippen molar-refractivity contribution in [3.05, 3.63) is 42.0 Å². The Labute approximate surface area is 167 Å². The van der Waals surface area contributed by atoms with Gasteiger partial charge in [-0.3, -0.25) is 4.90 Å². The van der Waals surface area contributed by atoms with E-state index in [2.05, 4.69) is 5.16 Å². The van der Waals surface area contributed by atoms with Gasteiger partial charge in [0.15, 0.2) is 5.79 Å². The molecule has 1 atom stereocenters. The molecule has 3 aliphatic heterocycles. The van der Waals surface area contributed by atoms with E-state index in [1.807, 2.05) is 4.90 Å². The van der Waals surface area contributed by atoms with Gasteiger partial charge < -0.3 is 23.6 Å². The molecule has 4 heterocycles. The Morgan fingerprint density at radius 3 is 2.66 bits per heavy atom. The number of carbonyl (C=O) groups excluding carboxylic acids is 1. The van der Waals surface area contributed by atoms with Crippen LogP contribution < -0.4 is 9.80 Å². The number of benzene rings is 1. The molecule has 29 heavy (non-hydrogen) atoms. The number of aromatic nitrogens is 1. The first-order valence-electron chi connectivity index (χ1n) is 9.82. The minimum absolute atomic E-state index is 0.339. The number of nitrogens with zero attached hydrogens (tertiary/aromatic N) is 3. The lowest BCUT2D eigenvalue weighted by molar-refractivity contribution is -0.169. The van der Waals surface area contributed by atoms with E-state index in [0.717, 1.165) is 0 Å². The quantitative estimate of drug-likeness (QED) is 0.777. The summed E-state index contributed by atoms with van der Waals surface area (Å²) in [4.78, 5) is 15.7. The van der Waals surface area contributed by atoms with Crippen molar-refractivity contribution >= 4 is 17.5 Å². The predicted octanol–water partition coefficient (Wildman–Crippen LogP) is 2.72. The molecule has 8 nitrogen and oxygen atoms in total. The van der Waals surface area contributed by atoms with Crippen molar-refractivity contribution in [2.24, 2.45) is 0 Å². The van der Waals surface area contributed by atoms with Crippen molar-refractivity contribution in [1.29, 1.82) is 0 Å². The molecule has 3 aliphatic rings. The Morgan fingerprint density at radius 1 is 1.17 bits per heavy atom. The predicted molar refractivity (Wildman–Crippen MR) is 100 cm³/mol. The largest absolute Gasteiger partial charge is 0.444 e. The van der Waals surface area contributed by atoms with E-state index in [1.165, 1.54) is 17.2 Å². The number of amides is 1. The Bertz CT molecular complexity index is 874. The van der Waals surface area contributed by atoms with Crippen LogP contribution in [0.5, 0.6) is 0 Å². The molecule has 9 heteroatoms. The van der Waals surface area contributed by atoms with E-state index in [9.17, 15) is 9.18 Å². The van der Waals surface area contributed by atoms with Crippen molar-refractivity contribution in [2.75, 3.05) is 42.6 Å². The number of anilines is 2. The van der Waals surface area contributed by atoms with E-state index >= 15 is 0 Å². The summed E-state index contributed by atoms with van der Waals surface area (Å²) in [6.45, 7) is 2.88. The molecule has 2 aromatic rings. The topological polar surface area (TPSA) is 77.3 Å². The second kappa shape index (κ2) is 7.31. The average molecular weight is 403 g/mol. The minimum Gasteiger partial charge on any atom is -0.444 e. The highest BCUT2D eigenvalue weighted by Gasteiger charge is 2.40. The van der Waals surface area contributed by atoms with Crippen molar-refractivity contribution in [1.82, 2.24) is 5.16 Å². The molecule has 1 aromatic heterocycles. The summed E-state index contributed by atoms with van der Waals surface area (Å²) in [7, 11) is 0. The van der Waals surface area contributed by atoms with Crippen LogP contribution in [0.2, 0.25) is 0 Å². The van der Waals surface area contributed by atoms with Gasteiger partial charge in [-0.15, -0.1) is 0 Å². The van der Waals surface area contributed by atoms with Crippen LogP contribution in [0.3, 0.4) is 0 Å². The van der Waals surface area contributed by atoms with E-state index in [-0.39, 0.29) is 11.9 Å². The Balaban J connectivity index is 1.25. The van der Waals surface area contributed by atoms with E-state index < -0.39 is 11.9 Å². The SMILES string of the molecule is O=C1O[C@@H](Cc2ccon2)CN1c1ccc(N2CCC3(CC2)OCCO3)c(F)c1. The van der Waals surface area contributed by atoms with Gasteiger partial charge in [0, 0.05) is 38.4 Å². The third-order valence-corrected chi connectivity index (χ3v) is 5.72. The number of hydrogen-bond acceptors (Lipinski definition) is 7. The van der Waals surface area contributed by atoms with Crippen molar-refractivity contribution < 1.29 is 27.9 Å². The first kappa shape index (κ1) is 18.4. The summed E-state index contributed by atoms with van der Waals surface area (Å²) >= 11 is 0. The zero-order chi connectivity index (χ0) is 19.8. The molecule has 0 saturated carbocycles. The molecular formula is C20H22FN3O5. The second-order valence-electron chi connectivity index (χ2n) is 7.54. The molecule has 1 spiro atoms. The van der Waals surface area contributed by atoms with Gasteiger partial charge in [-0.2, -0.15) is 0 Å². The number of rotatable bonds is 4. The zero-order valence-electron chi connectivity index (χ0n) is 15.9. The monoisotopic (exact) mass is 403 g/mol. The highest BCUT2D eigenvalue weighted by molar-refractivity contribution is 5.90. The molecule has 0 N–H and O–H groups in total. The molecule has 1 aromatic carbocycles. The highest BCUT2D eigenvalue weighted by Crippen LogP contribution is 2.35. The van der Waals surface area contributed by atoms with Gasteiger partial charge in [0.2, 0.25) is 0 Å². The molecule has 3 saturated heterocycles. The average Bonchev–Trinajstić information content (AvgIpc) is 3.46. The highest BCUT2D eigenvalue weighted by atomic mass is 19.1. The molecule has 5 rings (SSSR count). The lowest BCUT2D eigenvalue weighted by Crippen LogP contribution is -2.45. The maximum Gasteiger partial charge on any atom is 0.414 e. The third kappa shape index (κ3) is 3.56. The summed E-state index contributed by atoms with van der Waals surface area (Å²) in [5.41, 5.74) is 1.72. The maximum absolute atomic E-state index is 14.9. The normalized spacial score (nSPS) is 23.8. The van der Waals surface area contributed by atoms with Gasteiger partial charge in [-0.25, -0.2) is 9.18 Å². The number of piperidine rings is 1. The fraction of sp³-hybridized carbons (Fsp3) is 0.500. The van der Waals surface area contributed by atoms with Gasteiger partial charge in [-0.1, -0.05) is 5.16 Å². The summed E-state index contributed by atoms with van der Waals surface area (Å²) in [5.74, 6) is -0.857. The van der Waals surface area contributed by atoms with Crippen molar-refractivity contribution in [3.8, 4) is 0 Å².